The van der Waals surface area contributed by atoms with Gasteiger partial charge in [-0.2, -0.15) is 0 Å². The number of nitrogens with one attached hydrogen (secondary N) is 1. The summed E-state index contributed by atoms with van der Waals surface area (Å²) in [6.07, 6.45) is 0.155. The summed E-state index contributed by atoms with van der Waals surface area (Å²) in [7, 11) is 1.68. The zero-order valence-corrected chi connectivity index (χ0v) is 14.8. The lowest BCUT2D eigenvalue weighted by molar-refractivity contribution is -0.134. The van der Waals surface area contributed by atoms with E-state index in [4.69, 9.17) is 16.7 Å². The third kappa shape index (κ3) is 4.64. The number of carboxylic acids is 1. The third-order valence-electron chi connectivity index (χ3n) is 3.88. The van der Waals surface area contributed by atoms with Crippen molar-refractivity contribution in [3.05, 3.63) is 34.9 Å². The van der Waals surface area contributed by atoms with Crippen LogP contribution in [-0.4, -0.2) is 52.9 Å². The van der Waals surface area contributed by atoms with Crippen molar-refractivity contribution in [2.24, 2.45) is 5.92 Å². The van der Waals surface area contributed by atoms with Crippen LogP contribution in [0, 0.1) is 5.92 Å². The number of hydrogen-bond acceptors (Lipinski definition) is 4. The molecule has 1 fully saturated rings. The monoisotopic (exact) mass is 370 g/mol. The van der Waals surface area contributed by atoms with Crippen molar-refractivity contribution >= 4 is 41.1 Å². The second-order valence-corrected chi connectivity index (χ2v) is 7.09. The van der Waals surface area contributed by atoms with Crippen LogP contribution in [-0.2, 0) is 14.4 Å². The average molecular weight is 371 g/mol. The van der Waals surface area contributed by atoms with Gasteiger partial charge in [0.15, 0.2) is 0 Å². The number of rotatable bonds is 7. The largest absolute Gasteiger partial charge is 0.481 e. The van der Waals surface area contributed by atoms with Crippen molar-refractivity contribution in [1.82, 2.24) is 10.2 Å². The Hall–Kier alpha value is -1.73. The lowest BCUT2D eigenvalue weighted by Crippen LogP contribution is -2.35. The Morgan fingerprint density at radius 1 is 1.46 bits per heavy atom. The second kappa shape index (κ2) is 8.39. The number of likely N-dealkylation sites (tertiary alicyclic amines) is 1. The van der Waals surface area contributed by atoms with Crippen LogP contribution in [0.5, 0.6) is 0 Å². The van der Waals surface area contributed by atoms with Crippen LogP contribution in [0.2, 0.25) is 5.02 Å². The first-order chi connectivity index (χ1) is 11.4. The van der Waals surface area contributed by atoms with Crippen molar-refractivity contribution in [1.29, 1.82) is 0 Å². The molecule has 2 unspecified atom stereocenters. The molecule has 1 saturated heterocycles. The number of hydrogen-bond donors (Lipinski definition) is 2. The van der Waals surface area contributed by atoms with Gasteiger partial charge >= 0.3 is 5.97 Å². The molecular formula is C16H19ClN2O4S. The van der Waals surface area contributed by atoms with Crippen LogP contribution in [0.4, 0.5) is 0 Å². The maximum absolute atomic E-state index is 12.5. The van der Waals surface area contributed by atoms with E-state index in [0.717, 1.165) is 5.56 Å². The van der Waals surface area contributed by atoms with Crippen LogP contribution in [0.15, 0.2) is 24.3 Å². The average Bonchev–Trinajstić information content (AvgIpc) is 2.82. The summed E-state index contributed by atoms with van der Waals surface area (Å²) in [4.78, 5) is 36.5. The van der Waals surface area contributed by atoms with E-state index in [9.17, 15) is 14.4 Å². The van der Waals surface area contributed by atoms with E-state index < -0.39 is 11.9 Å². The summed E-state index contributed by atoms with van der Waals surface area (Å²) < 4.78 is 0. The molecule has 1 aromatic carbocycles. The number of carbonyl (C=O) groups excluding carboxylic acids is 2. The zero-order valence-electron chi connectivity index (χ0n) is 13.2. The molecule has 6 nitrogen and oxygen atoms in total. The highest BCUT2D eigenvalue weighted by atomic mass is 35.5. The Kier molecular flexibility index (Phi) is 6.51. The summed E-state index contributed by atoms with van der Waals surface area (Å²) in [5.74, 6) is -1.13. The molecule has 1 aliphatic rings. The molecule has 0 radical (unpaired) electrons. The van der Waals surface area contributed by atoms with Crippen molar-refractivity contribution in [3.8, 4) is 0 Å². The van der Waals surface area contributed by atoms with Gasteiger partial charge in [-0.05, 0) is 17.7 Å². The smallest absolute Gasteiger partial charge is 0.313 e. The maximum Gasteiger partial charge on any atom is 0.313 e. The lowest BCUT2D eigenvalue weighted by atomic mass is 9.93. The predicted molar refractivity (Wildman–Crippen MR) is 93.0 cm³/mol. The minimum absolute atomic E-state index is 0.00562. The van der Waals surface area contributed by atoms with E-state index in [1.165, 1.54) is 11.8 Å². The van der Waals surface area contributed by atoms with E-state index >= 15 is 0 Å². The molecular weight excluding hydrogens is 352 g/mol. The number of aliphatic carboxylic acids is 1. The molecule has 2 N–H and O–H groups in total. The van der Waals surface area contributed by atoms with E-state index in [1.807, 2.05) is 6.07 Å². The number of thioether (sulfide) groups is 1. The molecule has 0 spiro atoms. The topological polar surface area (TPSA) is 86.7 Å². The number of benzene rings is 1. The molecule has 8 heteroatoms. The molecule has 0 aliphatic carbocycles. The van der Waals surface area contributed by atoms with E-state index in [2.05, 4.69) is 5.32 Å². The van der Waals surface area contributed by atoms with Gasteiger partial charge < -0.3 is 15.3 Å². The van der Waals surface area contributed by atoms with Crippen LogP contribution in [0.3, 0.4) is 0 Å². The standard InChI is InChI=1S/C16H19ClN2O4S/c1-19-13(20)8-12(15(19)10-3-2-4-11(17)7-10)16(23)18-5-6-24-9-14(21)22/h2-4,7,12,15H,5-6,8-9H2,1H3,(H,18,23)(H,21,22). The number of carboxylic acid groups (broad SMARTS) is 1. The number of halogens is 1. The molecule has 2 amide bonds. The highest BCUT2D eigenvalue weighted by molar-refractivity contribution is 7.99. The van der Waals surface area contributed by atoms with Gasteiger partial charge in [-0.1, -0.05) is 23.7 Å². The van der Waals surface area contributed by atoms with Crippen molar-refractivity contribution < 1.29 is 19.5 Å². The van der Waals surface area contributed by atoms with Gasteiger partial charge in [0.25, 0.3) is 0 Å². The van der Waals surface area contributed by atoms with E-state index in [0.29, 0.717) is 17.3 Å². The minimum atomic E-state index is -0.879. The fraction of sp³-hybridized carbons (Fsp3) is 0.438. The molecule has 1 aliphatic heterocycles. The van der Waals surface area contributed by atoms with Gasteiger partial charge in [-0.25, -0.2) is 0 Å². The van der Waals surface area contributed by atoms with Gasteiger partial charge in [-0.3, -0.25) is 14.4 Å². The molecule has 2 atom stereocenters. The summed E-state index contributed by atoms with van der Waals surface area (Å²) in [5, 5.41) is 11.9. The highest BCUT2D eigenvalue weighted by Crippen LogP contribution is 2.37. The molecule has 0 aromatic heterocycles. The second-order valence-electron chi connectivity index (χ2n) is 5.55. The highest BCUT2D eigenvalue weighted by Gasteiger charge is 2.42. The third-order valence-corrected chi connectivity index (χ3v) is 5.06. The molecule has 1 aromatic rings. The summed E-state index contributed by atoms with van der Waals surface area (Å²) in [5.41, 5.74) is 0.830. The first kappa shape index (κ1) is 18.6. The zero-order chi connectivity index (χ0) is 17.7. The maximum atomic E-state index is 12.5. The number of amides is 2. The molecule has 0 bridgehead atoms. The predicted octanol–water partition coefficient (Wildman–Crippen LogP) is 1.79. The Labute approximate surface area is 149 Å². The Morgan fingerprint density at radius 3 is 2.88 bits per heavy atom. The van der Waals surface area contributed by atoms with Gasteiger partial charge in [0, 0.05) is 30.8 Å². The van der Waals surface area contributed by atoms with Crippen LogP contribution >= 0.6 is 23.4 Å². The lowest BCUT2D eigenvalue weighted by Gasteiger charge is -2.25. The molecule has 24 heavy (non-hydrogen) atoms. The molecule has 0 saturated carbocycles. The van der Waals surface area contributed by atoms with Gasteiger partial charge in [0.1, 0.15) is 0 Å². The summed E-state index contributed by atoms with van der Waals surface area (Å²) in [6.45, 7) is 0.369. The SMILES string of the molecule is CN1C(=O)CC(C(=O)NCCSCC(=O)O)C1c1cccc(Cl)c1. The van der Waals surface area contributed by atoms with Crippen LogP contribution in [0.25, 0.3) is 0 Å². The number of nitrogens with zero attached hydrogens (tertiary/aromatic N) is 1. The van der Waals surface area contributed by atoms with E-state index in [-0.39, 0.29) is 30.0 Å². The molecule has 1 heterocycles. The Bertz CT molecular complexity index is 640. The first-order valence-electron chi connectivity index (χ1n) is 7.48. The quantitative estimate of drug-likeness (QED) is 0.714. The van der Waals surface area contributed by atoms with Crippen molar-refractivity contribution in [2.45, 2.75) is 12.5 Å². The minimum Gasteiger partial charge on any atom is -0.481 e. The first-order valence-corrected chi connectivity index (χ1v) is 9.01. The van der Waals surface area contributed by atoms with Crippen molar-refractivity contribution in [3.63, 3.8) is 0 Å². The Morgan fingerprint density at radius 2 is 2.21 bits per heavy atom. The normalized spacial score (nSPS) is 20.2. The van der Waals surface area contributed by atoms with Gasteiger partial charge in [0.2, 0.25) is 11.8 Å². The fourth-order valence-electron chi connectivity index (χ4n) is 2.79. The fourth-order valence-corrected chi connectivity index (χ4v) is 3.55. The van der Waals surface area contributed by atoms with Crippen LogP contribution < -0.4 is 5.32 Å². The van der Waals surface area contributed by atoms with Gasteiger partial charge in [0.05, 0.1) is 17.7 Å². The molecule has 130 valence electrons. The van der Waals surface area contributed by atoms with Crippen LogP contribution in [0.1, 0.15) is 18.0 Å². The Balaban J connectivity index is 2.00. The number of carbonyl (C=O) groups is 3. The summed E-state index contributed by atoms with van der Waals surface area (Å²) >= 11 is 7.26. The van der Waals surface area contributed by atoms with Crippen molar-refractivity contribution in [2.75, 3.05) is 25.1 Å². The molecule has 2 rings (SSSR count). The van der Waals surface area contributed by atoms with Gasteiger partial charge in [-0.15, -0.1) is 11.8 Å². The summed E-state index contributed by atoms with van der Waals surface area (Å²) in [6, 6.07) is 6.82. The van der Waals surface area contributed by atoms with E-state index in [1.54, 1.807) is 30.1 Å².